The quantitative estimate of drug-likeness (QED) is 0.369. The van der Waals surface area contributed by atoms with Crippen LogP contribution in [0.25, 0.3) is 0 Å². The van der Waals surface area contributed by atoms with Crippen LogP contribution in [-0.4, -0.2) is 21.2 Å². The van der Waals surface area contributed by atoms with Gasteiger partial charge in [-0.3, -0.25) is 0 Å². The molecular weight excluding hydrogens is 459 g/mol. The van der Waals surface area contributed by atoms with E-state index < -0.39 is 31.9 Å². The molecule has 0 atom stereocenters. The summed E-state index contributed by atoms with van der Waals surface area (Å²) in [5, 5.41) is 1.36. The monoisotopic (exact) mass is 480 g/mol. The van der Waals surface area contributed by atoms with Gasteiger partial charge in [-0.25, -0.2) is 16.8 Å². The highest BCUT2D eigenvalue weighted by atomic mass is 32.3. The Balaban J connectivity index is 2.04. The van der Waals surface area contributed by atoms with E-state index in [-0.39, 0.29) is 9.79 Å². The summed E-state index contributed by atoms with van der Waals surface area (Å²) in [7, 11) is -10.3. The molecule has 0 aliphatic rings. The van der Waals surface area contributed by atoms with E-state index in [1.54, 1.807) is 84.9 Å². The Morgan fingerprint density at radius 1 is 0.438 bits per heavy atom. The molecule has 162 valence electrons. The molecule has 0 bridgehead atoms. The van der Waals surface area contributed by atoms with Crippen LogP contribution in [0.1, 0.15) is 0 Å². The first-order chi connectivity index (χ1) is 15.4. The lowest BCUT2D eigenvalue weighted by atomic mass is 10.4. The van der Waals surface area contributed by atoms with Crippen molar-refractivity contribution >= 4 is 38.2 Å². The maximum absolute atomic E-state index is 14.0. The summed E-state index contributed by atoms with van der Waals surface area (Å²) in [5.41, 5.74) is 0. The largest absolute Gasteiger partial charge is 0.222 e. The third-order valence-corrected chi connectivity index (χ3v) is 14.5. The highest BCUT2D eigenvalue weighted by Gasteiger charge is 2.46. The van der Waals surface area contributed by atoms with Crippen molar-refractivity contribution in [1.29, 1.82) is 0 Å². The van der Waals surface area contributed by atoms with E-state index in [2.05, 4.69) is 0 Å². The molecule has 7 heteroatoms. The van der Waals surface area contributed by atoms with Gasteiger partial charge < -0.3 is 0 Å². The van der Waals surface area contributed by atoms with E-state index >= 15 is 0 Å². The van der Waals surface area contributed by atoms with Crippen LogP contribution in [0.3, 0.4) is 0 Å². The van der Waals surface area contributed by atoms with Gasteiger partial charge in [0.05, 0.1) is 9.79 Å². The van der Waals surface area contributed by atoms with Crippen molar-refractivity contribution in [2.45, 2.75) is 14.1 Å². The van der Waals surface area contributed by atoms with Gasteiger partial charge in [-0.05, 0) is 42.8 Å². The average Bonchev–Trinajstić information content (AvgIpc) is 2.84. The first-order valence-electron chi connectivity index (χ1n) is 9.89. The lowest BCUT2D eigenvalue weighted by Gasteiger charge is -2.28. The molecule has 0 saturated heterocycles. The number of hydrogen-bond donors (Lipinski definition) is 0. The van der Waals surface area contributed by atoms with E-state index in [1.165, 1.54) is 24.3 Å². The molecule has 4 aromatic carbocycles. The zero-order chi connectivity index (χ0) is 22.6. The van der Waals surface area contributed by atoms with Crippen LogP contribution >= 0.6 is 7.92 Å². The van der Waals surface area contributed by atoms with Gasteiger partial charge in [-0.15, -0.1) is 0 Å². The second kappa shape index (κ2) is 9.37. The van der Waals surface area contributed by atoms with Crippen LogP contribution in [0.5, 0.6) is 0 Å². The standard InChI is InChI=1S/C25H21O4PS2/c26-31(27,23-17-9-3-10-18-23)25(32(28,29)24-19-11-4-12-20-24)30(21-13-5-1-6-14-21)22-15-7-2-8-16-22/h1-20,25H. The Kier molecular flexibility index (Phi) is 6.56. The van der Waals surface area contributed by atoms with Gasteiger partial charge >= 0.3 is 0 Å². The van der Waals surface area contributed by atoms with Crippen molar-refractivity contribution in [1.82, 2.24) is 0 Å². The summed E-state index contributed by atoms with van der Waals surface area (Å²) in [6.45, 7) is 0. The fourth-order valence-corrected chi connectivity index (χ4v) is 13.2. The molecule has 0 saturated carbocycles. The SMILES string of the molecule is O=S(=O)(c1ccccc1)C(P(c1ccccc1)c1ccccc1)S(=O)(=O)c1ccccc1. The van der Waals surface area contributed by atoms with E-state index in [0.29, 0.717) is 10.6 Å². The average molecular weight is 481 g/mol. The van der Waals surface area contributed by atoms with E-state index in [4.69, 9.17) is 0 Å². The van der Waals surface area contributed by atoms with E-state index in [0.717, 1.165) is 0 Å². The zero-order valence-electron chi connectivity index (χ0n) is 17.0. The molecule has 0 heterocycles. The molecule has 0 fully saturated rings. The molecule has 4 aromatic rings. The summed E-state index contributed by atoms with van der Waals surface area (Å²) < 4.78 is 54.2. The third-order valence-electron chi connectivity index (χ3n) is 4.95. The molecule has 4 nitrogen and oxygen atoms in total. The van der Waals surface area contributed by atoms with Crippen molar-refractivity contribution in [2.75, 3.05) is 0 Å². The predicted molar refractivity (Wildman–Crippen MR) is 130 cm³/mol. The number of hydrogen-bond acceptors (Lipinski definition) is 4. The lowest BCUT2D eigenvalue weighted by Crippen LogP contribution is -2.35. The van der Waals surface area contributed by atoms with Crippen LogP contribution in [0.2, 0.25) is 0 Å². The van der Waals surface area contributed by atoms with Crippen molar-refractivity contribution in [3.8, 4) is 0 Å². The van der Waals surface area contributed by atoms with Crippen LogP contribution in [-0.2, 0) is 19.7 Å². The van der Waals surface area contributed by atoms with Crippen LogP contribution in [0.4, 0.5) is 0 Å². The first kappa shape index (κ1) is 22.4. The van der Waals surface area contributed by atoms with E-state index in [1.807, 2.05) is 12.1 Å². The highest BCUT2D eigenvalue weighted by Crippen LogP contribution is 2.48. The second-order valence-electron chi connectivity index (χ2n) is 7.06. The molecule has 0 radical (unpaired) electrons. The van der Waals surface area contributed by atoms with Crippen LogP contribution < -0.4 is 10.6 Å². The molecule has 32 heavy (non-hydrogen) atoms. The fourth-order valence-electron chi connectivity index (χ4n) is 3.47. The topological polar surface area (TPSA) is 68.3 Å². The Labute approximate surface area is 190 Å². The van der Waals surface area contributed by atoms with Crippen LogP contribution in [0.15, 0.2) is 131 Å². The molecule has 0 aliphatic carbocycles. The Morgan fingerprint density at radius 3 is 1.03 bits per heavy atom. The van der Waals surface area contributed by atoms with Crippen LogP contribution in [0, 0.1) is 0 Å². The van der Waals surface area contributed by atoms with Gasteiger partial charge in [0.15, 0.2) is 4.32 Å². The Morgan fingerprint density at radius 2 is 0.719 bits per heavy atom. The maximum atomic E-state index is 14.0. The third kappa shape index (κ3) is 4.40. The van der Waals surface area contributed by atoms with Gasteiger partial charge in [0.1, 0.15) is 0 Å². The second-order valence-corrected chi connectivity index (χ2v) is 14.4. The Bertz CT molecular complexity index is 1270. The number of rotatable bonds is 7. The summed E-state index contributed by atoms with van der Waals surface area (Å²) in [5.74, 6) is 0. The minimum atomic E-state index is -4.26. The predicted octanol–water partition coefficient (Wildman–Crippen LogP) is 4.35. The van der Waals surface area contributed by atoms with Crippen molar-refractivity contribution in [3.63, 3.8) is 0 Å². The summed E-state index contributed by atoms with van der Waals surface area (Å²) in [6.07, 6.45) is 0. The molecule has 4 rings (SSSR count). The highest BCUT2D eigenvalue weighted by molar-refractivity contribution is 8.18. The lowest BCUT2D eigenvalue weighted by molar-refractivity contribution is 0.585. The molecule has 0 aliphatic heterocycles. The molecular formula is C25H21O4PS2. The normalized spacial score (nSPS) is 12.2. The smallest absolute Gasteiger partial charge is 0.200 e. The van der Waals surface area contributed by atoms with Gasteiger partial charge in [0, 0.05) is 0 Å². The number of benzene rings is 4. The molecule has 0 aromatic heterocycles. The Hall–Kier alpha value is -2.79. The van der Waals surface area contributed by atoms with Crippen molar-refractivity contribution < 1.29 is 16.8 Å². The zero-order valence-corrected chi connectivity index (χ0v) is 19.5. The van der Waals surface area contributed by atoms with E-state index in [9.17, 15) is 16.8 Å². The summed E-state index contributed by atoms with van der Waals surface area (Å²) in [4.78, 5) is -0.0206. The molecule has 0 amide bonds. The first-order valence-corrected chi connectivity index (χ1v) is 14.4. The maximum Gasteiger partial charge on any atom is 0.200 e. The van der Waals surface area contributed by atoms with Crippen molar-refractivity contribution in [3.05, 3.63) is 121 Å². The fraction of sp³-hybridized carbons (Fsp3) is 0.0400. The van der Waals surface area contributed by atoms with Gasteiger partial charge in [0.2, 0.25) is 19.7 Å². The molecule has 0 N–H and O–H groups in total. The molecule has 0 unspecified atom stereocenters. The van der Waals surface area contributed by atoms with Gasteiger partial charge in [-0.1, -0.05) is 97.1 Å². The summed E-state index contributed by atoms with van der Waals surface area (Å²) >= 11 is 0. The van der Waals surface area contributed by atoms with Crippen molar-refractivity contribution in [2.24, 2.45) is 0 Å². The number of sulfone groups is 2. The van der Waals surface area contributed by atoms with Gasteiger partial charge in [-0.2, -0.15) is 0 Å². The molecule has 0 spiro atoms. The summed E-state index contributed by atoms with van der Waals surface area (Å²) in [6, 6.07) is 33.7. The van der Waals surface area contributed by atoms with Gasteiger partial charge in [0.25, 0.3) is 0 Å². The minimum absolute atomic E-state index is 0.0103. The minimum Gasteiger partial charge on any atom is -0.222 e.